The van der Waals surface area contributed by atoms with Crippen LogP contribution in [0.15, 0.2) is 12.4 Å². The van der Waals surface area contributed by atoms with E-state index in [0.29, 0.717) is 17.6 Å². The molecule has 0 saturated heterocycles. The van der Waals surface area contributed by atoms with Gasteiger partial charge in [-0.1, -0.05) is 13.3 Å². The molecule has 2 N–H and O–H groups in total. The van der Waals surface area contributed by atoms with Gasteiger partial charge in [0.15, 0.2) is 5.75 Å². The second-order valence-electron chi connectivity index (χ2n) is 3.61. The number of nitrogens with zero attached hydrogens (tertiary/aromatic N) is 2. The Bertz CT molecular complexity index is 290. The highest BCUT2D eigenvalue weighted by Gasteiger charge is 2.06. The number of aromatic nitrogens is 2. The molecule has 0 saturated carbocycles. The molecule has 90 valence electrons. The van der Waals surface area contributed by atoms with Crippen molar-refractivity contribution in [2.45, 2.75) is 19.8 Å². The molecule has 0 fully saturated rings. The minimum absolute atomic E-state index is 0.226. The van der Waals surface area contributed by atoms with Gasteiger partial charge in [0.25, 0.3) is 0 Å². The molecule has 1 unspecified atom stereocenters. The lowest BCUT2D eigenvalue weighted by molar-refractivity contribution is 0.258. The Balaban J connectivity index is 2.40. The van der Waals surface area contributed by atoms with Gasteiger partial charge in [0.2, 0.25) is 5.95 Å². The van der Waals surface area contributed by atoms with Gasteiger partial charge in [0, 0.05) is 13.2 Å². The van der Waals surface area contributed by atoms with E-state index < -0.39 is 0 Å². The van der Waals surface area contributed by atoms with Gasteiger partial charge in [-0.05, 0) is 12.3 Å². The van der Waals surface area contributed by atoms with Crippen LogP contribution in [0.2, 0.25) is 0 Å². The zero-order valence-electron chi connectivity index (χ0n) is 9.81. The van der Waals surface area contributed by atoms with E-state index in [1.807, 2.05) is 0 Å². The lowest BCUT2D eigenvalue weighted by atomic mass is 10.0. The Hall–Kier alpha value is -1.36. The van der Waals surface area contributed by atoms with E-state index in [0.717, 1.165) is 19.4 Å². The molecule has 5 heteroatoms. The lowest BCUT2D eigenvalue weighted by Gasteiger charge is -2.13. The maximum absolute atomic E-state index is 8.86. The number of hydrogen-bond acceptors (Lipinski definition) is 5. The fraction of sp³-hybridized carbons (Fsp3) is 0.636. The Morgan fingerprint density at radius 3 is 2.62 bits per heavy atom. The third-order valence-electron chi connectivity index (χ3n) is 2.53. The van der Waals surface area contributed by atoms with Crippen molar-refractivity contribution in [3.8, 4) is 5.75 Å². The number of ether oxygens (including phenoxy) is 1. The summed E-state index contributed by atoms with van der Waals surface area (Å²) in [5, 5.41) is 12.0. The molecule has 1 heterocycles. The predicted molar refractivity (Wildman–Crippen MR) is 62.6 cm³/mol. The monoisotopic (exact) mass is 225 g/mol. The van der Waals surface area contributed by atoms with Gasteiger partial charge in [-0.25, -0.2) is 9.97 Å². The maximum atomic E-state index is 8.86. The molecule has 0 aromatic carbocycles. The first-order valence-electron chi connectivity index (χ1n) is 5.50. The fourth-order valence-corrected chi connectivity index (χ4v) is 1.38. The number of nitrogens with one attached hydrogen (secondary N) is 1. The van der Waals surface area contributed by atoms with Crippen molar-refractivity contribution in [1.82, 2.24) is 9.97 Å². The van der Waals surface area contributed by atoms with Crippen LogP contribution in [-0.2, 0) is 0 Å². The minimum Gasteiger partial charge on any atom is -0.494 e. The smallest absolute Gasteiger partial charge is 0.222 e. The summed E-state index contributed by atoms with van der Waals surface area (Å²) in [6, 6.07) is 0. The topological polar surface area (TPSA) is 67.3 Å². The van der Waals surface area contributed by atoms with Crippen LogP contribution in [0.3, 0.4) is 0 Å². The normalized spacial score (nSPS) is 12.2. The second kappa shape index (κ2) is 7.00. The van der Waals surface area contributed by atoms with E-state index >= 15 is 0 Å². The quantitative estimate of drug-likeness (QED) is 0.732. The van der Waals surface area contributed by atoms with Crippen LogP contribution in [0.4, 0.5) is 5.95 Å². The van der Waals surface area contributed by atoms with E-state index in [2.05, 4.69) is 22.2 Å². The number of hydrogen-bond donors (Lipinski definition) is 2. The van der Waals surface area contributed by atoms with Gasteiger partial charge in [-0.3, -0.25) is 0 Å². The summed E-state index contributed by atoms with van der Waals surface area (Å²) in [6.07, 6.45) is 5.09. The zero-order chi connectivity index (χ0) is 11.8. The summed E-state index contributed by atoms with van der Waals surface area (Å²) >= 11 is 0. The average Bonchev–Trinajstić information content (AvgIpc) is 2.35. The van der Waals surface area contributed by atoms with Crippen molar-refractivity contribution in [3.63, 3.8) is 0 Å². The zero-order valence-corrected chi connectivity index (χ0v) is 9.81. The van der Waals surface area contributed by atoms with Crippen LogP contribution >= 0.6 is 0 Å². The Morgan fingerprint density at radius 1 is 1.44 bits per heavy atom. The van der Waals surface area contributed by atoms with Crippen molar-refractivity contribution in [2.24, 2.45) is 5.92 Å². The first kappa shape index (κ1) is 12.7. The van der Waals surface area contributed by atoms with E-state index in [9.17, 15) is 0 Å². The molecule has 1 atom stereocenters. The largest absolute Gasteiger partial charge is 0.494 e. The van der Waals surface area contributed by atoms with Crippen LogP contribution in [0.5, 0.6) is 5.75 Å². The molecule has 0 radical (unpaired) electrons. The first-order chi connectivity index (χ1) is 7.80. The molecule has 0 aliphatic heterocycles. The Morgan fingerprint density at radius 2 is 2.12 bits per heavy atom. The maximum Gasteiger partial charge on any atom is 0.222 e. The van der Waals surface area contributed by atoms with Crippen molar-refractivity contribution >= 4 is 5.95 Å². The molecular weight excluding hydrogens is 206 g/mol. The highest BCUT2D eigenvalue weighted by Crippen LogP contribution is 2.10. The molecule has 1 rings (SSSR count). The molecule has 0 amide bonds. The van der Waals surface area contributed by atoms with Crippen molar-refractivity contribution in [3.05, 3.63) is 12.4 Å². The third-order valence-corrected chi connectivity index (χ3v) is 2.53. The summed E-state index contributed by atoms with van der Waals surface area (Å²) in [4.78, 5) is 8.21. The molecule has 5 nitrogen and oxygen atoms in total. The number of aliphatic hydroxyl groups is 1. The first-order valence-corrected chi connectivity index (χ1v) is 5.50. The molecule has 16 heavy (non-hydrogen) atoms. The fourth-order valence-electron chi connectivity index (χ4n) is 1.38. The molecule has 1 aromatic rings. The Labute approximate surface area is 95.9 Å². The van der Waals surface area contributed by atoms with Crippen molar-refractivity contribution in [1.29, 1.82) is 0 Å². The SMILES string of the molecule is CCC(CCO)CNc1ncc(OC)cn1. The number of rotatable bonds is 7. The molecule has 1 aromatic heterocycles. The van der Waals surface area contributed by atoms with Crippen LogP contribution in [-0.4, -0.2) is 35.3 Å². The van der Waals surface area contributed by atoms with Crippen LogP contribution in [0.25, 0.3) is 0 Å². The number of methoxy groups -OCH3 is 1. The summed E-state index contributed by atoms with van der Waals surface area (Å²) in [7, 11) is 1.58. The third kappa shape index (κ3) is 4.02. The summed E-state index contributed by atoms with van der Waals surface area (Å²) in [5.41, 5.74) is 0. The van der Waals surface area contributed by atoms with Crippen molar-refractivity contribution in [2.75, 3.05) is 25.6 Å². The minimum atomic E-state index is 0.226. The van der Waals surface area contributed by atoms with E-state index in [4.69, 9.17) is 9.84 Å². The lowest BCUT2D eigenvalue weighted by Crippen LogP contribution is -2.16. The molecule has 0 bridgehead atoms. The highest BCUT2D eigenvalue weighted by molar-refractivity contribution is 5.26. The summed E-state index contributed by atoms with van der Waals surface area (Å²) < 4.78 is 4.97. The molecular formula is C11H19N3O2. The molecule has 0 aliphatic carbocycles. The Kier molecular flexibility index (Phi) is 5.56. The van der Waals surface area contributed by atoms with E-state index in [1.54, 1.807) is 19.5 Å². The van der Waals surface area contributed by atoms with Gasteiger partial charge >= 0.3 is 0 Å². The van der Waals surface area contributed by atoms with Gasteiger partial charge in [-0.15, -0.1) is 0 Å². The summed E-state index contributed by atoms with van der Waals surface area (Å²) in [6.45, 7) is 3.12. The van der Waals surface area contributed by atoms with E-state index in [1.165, 1.54) is 0 Å². The van der Waals surface area contributed by atoms with E-state index in [-0.39, 0.29) is 6.61 Å². The van der Waals surface area contributed by atoms with Gasteiger partial charge in [0.05, 0.1) is 19.5 Å². The van der Waals surface area contributed by atoms with Crippen LogP contribution < -0.4 is 10.1 Å². The predicted octanol–water partition coefficient (Wildman–Crippen LogP) is 1.31. The van der Waals surface area contributed by atoms with Crippen LogP contribution in [0.1, 0.15) is 19.8 Å². The van der Waals surface area contributed by atoms with Crippen molar-refractivity contribution < 1.29 is 9.84 Å². The molecule has 0 aliphatic rings. The summed E-state index contributed by atoms with van der Waals surface area (Å²) in [5.74, 6) is 1.70. The standard InChI is InChI=1S/C11H19N3O2/c1-3-9(4-5-15)6-12-11-13-7-10(16-2)8-14-11/h7-9,15H,3-6H2,1-2H3,(H,12,13,14). The highest BCUT2D eigenvalue weighted by atomic mass is 16.5. The molecule has 0 spiro atoms. The van der Waals surface area contributed by atoms with Gasteiger partial charge in [0.1, 0.15) is 0 Å². The number of aliphatic hydroxyl groups excluding tert-OH is 1. The second-order valence-corrected chi connectivity index (χ2v) is 3.61. The van der Waals surface area contributed by atoms with Gasteiger partial charge < -0.3 is 15.2 Å². The number of anilines is 1. The average molecular weight is 225 g/mol. The van der Waals surface area contributed by atoms with Crippen LogP contribution in [0, 0.1) is 5.92 Å². The van der Waals surface area contributed by atoms with Gasteiger partial charge in [-0.2, -0.15) is 0 Å².